The minimum absolute atomic E-state index is 0.00377. The number of carbonyl (C=O) groups excluding carboxylic acids is 2. The van der Waals surface area contributed by atoms with Crippen LogP contribution < -0.4 is 16.0 Å². The van der Waals surface area contributed by atoms with E-state index in [1.165, 1.54) is 42.2 Å². The zero-order valence-electron chi connectivity index (χ0n) is 19.7. The molecule has 4 rings (SSSR count). The third kappa shape index (κ3) is 7.46. The van der Waals surface area contributed by atoms with Gasteiger partial charge in [-0.2, -0.15) is 0 Å². The second-order valence-electron chi connectivity index (χ2n) is 9.27. The lowest BCUT2D eigenvalue weighted by Gasteiger charge is -2.25. The van der Waals surface area contributed by atoms with Gasteiger partial charge < -0.3 is 10.6 Å². The molecule has 0 bridgehead atoms. The second-order valence-corrected chi connectivity index (χ2v) is 10.3. The highest BCUT2D eigenvalue weighted by Gasteiger charge is 2.23. The first-order chi connectivity index (χ1) is 16.7. The highest BCUT2D eigenvalue weighted by molar-refractivity contribution is 7.15. The zero-order valence-corrected chi connectivity index (χ0v) is 20.5. The monoisotopic (exact) mass is 481 g/mol. The quantitative estimate of drug-likeness (QED) is 0.463. The van der Waals surface area contributed by atoms with Gasteiger partial charge in [0, 0.05) is 18.0 Å². The summed E-state index contributed by atoms with van der Waals surface area (Å²) >= 11 is 1.47. The summed E-state index contributed by atoms with van der Waals surface area (Å²) in [4.78, 5) is 25.4. The van der Waals surface area contributed by atoms with E-state index in [0.717, 1.165) is 56.5 Å². The van der Waals surface area contributed by atoms with E-state index in [9.17, 15) is 9.59 Å². The Labute approximate surface area is 205 Å². The summed E-state index contributed by atoms with van der Waals surface area (Å²) in [5, 5.41) is 19.3. The van der Waals surface area contributed by atoms with Crippen molar-refractivity contribution in [2.45, 2.75) is 82.2 Å². The van der Waals surface area contributed by atoms with Crippen LogP contribution in [0.5, 0.6) is 0 Å². The summed E-state index contributed by atoms with van der Waals surface area (Å²) in [5.74, 6) is 0.226. The van der Waals surface area contributed by atoms with Gasteiger partial charge in [0.05, 0.1) is 6.04 Å². The largest absolute Gasteiger partial charge is 0.349 e. The Balaban J connectivity index is 1.34. The molecular formula is C26H35N5O2S. The number of piperidine rings is 1. The van der Waals surface area contributed by atoms with Gasteiger partial charge in [-0.3, -0.25) is 14.9 Å². The second kappa shape index (κ2) is 12.8. The van der Waals surface area contributed by atoms with Crippen LogP contribution >= 0.6 is 11.3 Å². The molecule has 182 valence electrons. The molecule has 1 aromatic heterocycles. The number of benzene rings is 1. The average molecular weight is 482 g/mol. The lowest BCUT2D eigenvalue weighted by Crippen LogP contribution is -2.49. The highest BCUT2D eigenvalue weighted by atomic mass is 32.1. The molecule has 1 aliphatic heterocycles. The van der Waals surface area contributed by atoms with Gasteiger partial charge >= 0.3 is 0 Å². The Morgan fingerprint density at radius 3 is 2.62 bits per heavy atom. The summed E-state index contributed by atoms with van der Waals surface area (Å²) in [6, 6.07) is 9.80. The summed E-state index contributed by atoms with van der Waals surface area (Å²) < 4.78 is 0. The van der Waals surface area contributed by atoms with Crippen molar-refractivity contribution in [3.63, 3.8) is 0 Å². The van der Waals surface area contributed by atoms with Crippen LogP contribution in [-0.4, -0.2) is 40.6 Å². The summed E-state index contributed by atoms with van der Waals surface area (Å²) in [5.41, 5.74) is 1.21. The van der Waals surface area contributed by atoms with Gasteiger partial charge in [-0.05, 0) is 50.6 Å². The molecule has 1 aromatic carbocycles. The summed E-state index contributed by atoms with van der Waals surface area (Å²) in [6.45, 7) is 0.871. The Hall–Kier alpha value is -2.58. The molecule has 3 N–H and O–H groups in total. The maximum absolute atomic E-state index is 12.8. The zero-order chi connectivity index (χ0) is 23.6. The average Bonchev–Trinajstić information content (AvgIpc) is 3.35. The van der Waals surface area contributed by atoms with Gasteiger partial charge in [0.25, 0.3) is 0 Å². The number of nitrogens with one attached hydrogen (secondary N) is 3. The van der Waals surface area contributed by atoms with E-state index in [4.69, 9.17) is 0 Å². The number of hydrogen-bond acceptors (Lipinski definition) is 6. The van der Waals surface area contributed by atoms with Gasteiger partial charge in [-0.1, -0.05) is 73.4 Å². The van der Waals surface area contributed by atoms with E-state index >= 15 is 0 Å². The maximum atomic E-state index is 12.8. The summed E-state index contributed by atoms with van der Waals surface area (Å²) in [7, 11) is 0. The van der Waals surface area contributed by atoms with E-state index in [2.05, 4.69) is 38.3 Å². The first kappa shape index (κ1) is 24.5. The van der Waals surface area contributed by atoms with E-state index in [-0.39, 0.29) is 23.9 Å². The molecule has 34 heavy (non-hydrogen) atoms. The first-order valence-corrected chi connectivity index (χ1v) is 13.4. The lowest BCUT2D eigenvalue weighted by molar-refractivity contribution is -0.124. The number of aromatic nitrogens is 2. The van der Waals surface area contributed by atoms with E-state index < -0.39 is 0 Å². The van der Waals surface area contributed by atoms with Crippen molar-refractivity contribution >= 4 is 28.3 Å². The number of carbonyl (C=O) groups is 2. The van der Waals surface area contributed by atoms with Crippen molar-refractivity contribution in [1.29, 1.82) is 0 Å². The first-order valence-electron chi connectivity index (χ1n) is 12.6. The number of aryl methyl sites for hydroxylation is 1. The number of amides is 2. The fourth-order valence-corrected chi connectivity index (χ4v) is 5.61. The number of nitrogens with zero attached hydrogens (tertiary/aromatic N) is 2. The molecule has 0 radical (unpaired) electrons. The van der Waals surface area contributed by atoms with Crippen LogP contribution in [0.15, 0.2) is 42.5 Å². The number of anilines is 1. The molecule has 1 aliphatic carbocycles. The van der Waals surface area contributed by atoms with Crippen LogP contribution in [0.2, 0.25) is 0 Å². The maximum Gasteiger partial charge on any atom is 0.249 e. The van der Waals surface area contributed by atoms with Crippen molar-refractivity contribution in [3.8, 4) is 0 Å². The van der Waals surface area contributed by atoms with Crippen molar-refractivity contribution in [2.24, 2.45) is 0 Å². The van der Waals surface area contributed by atoms with Gasteiger partial charge in [0.1, 0.15) is 5.01 Å². The molecule has 2 atom stereocenters. The molecule has 2 aliphatic rings. The van der Waals surface area contributed by atoms with Crippen molar-refractivity contribution in [1.82, 2.24) is 20.8 Å². The molecule has 0 unspecified atom stereocenters. The molecule has 2 amide bonds. The normalized spacial score (nSPS) is 20.2. The van der Waals surface area contributed by atoms with Crippen molar-refractivity contribution in [3.05, 3.63) is 53.1 Å². The fraction of sp³-hybridized carbons (Fsp3) is 0.538. The molecule has 7 nitrogen and oxygen atoms in total. The molecule has 1 saturated carbocycles. The Kier molecular flexibility index (Phi) is 9.21. The predicted octanol–water partition coefficient (Wildman–Crippen LogP) is 4.34. The minimum Gasteiger partial charge on any atom is -0.349 e. The molecule has 0 spiro atoms. The van der Waals surface area contributed by atoms with Crippen LogP contribution in [0.1, 0.15) is 74.3 Å². The molecule has 2 heterocycles. The predicted molar refractivity (Wildman–Crippen MR) is 136 cm³/mol. The molecule has 2 aromatic rings. The molecule has 2 fully saturated rings. The van der Waals surface area contributed by atoms with Crippen molar-refractivity contribution < 1.29 is 9.59 Å². The summed E-state index contributed by atoms with van der Waals surface area (Å²) in [6.07, 6.45) is 13.9. The third-order valence-electron chi connectivity index (χ3n) is 6.65. The highest BCUT2D eigenvalue weighted by Crippen LogP contribution is 2.35. The van der Waals surface area contributed by atoms with Gasteiger partial charge in [-0.25, -0.2) is 0 Å². The fourth-order valence-electron chi connectivity index (χ4n) is 4.69. The van der Waals surface area contributed by atoms with E-state index in [1.54, 1.807) is 6.08 Å². The lowest BCUT2D eigenvalue weighted by atomic mass is 9.90. The van der Waals surface area contributed by atoms with Crippen LogP contribution in [0, 0.1) is 0 Å². The van der Waals surface area contributed by atoms with Crippen LogP contribution in [0.4, 0.5) is 5.13 Å². The van der Waals surface area contributed by atoms with Crippen LogP contribution in [-0.2, 0) is 16.0 Å². The topological polar surface area (TPSA) is 96.0 Å². The van der Waals surface area contributed by atoms with E-state index in [0.29, 0.717) is 11.0 Å². The standard InChI is InChI=1S/C26H35N5O2S/c32-23(29-26-31-30-25(34-26)20-11-5-2-6-12-20)17-16-21(15-14-19-9-3-1-4-10-19)28-24(33)22-13-7-8-18-27-22/h1,3-4,9-10,16-17,20-22,27H,2,5-8,11-15,18H2,(H,28,33)(H,29,31,32)/b17-16+/t21-,22-/m0/s1. The third-order valence-corrected chi connectivity index (χ3v) is 7.65. The Bertz CT molecular complexity index is 949. The number of rotatable bonds is 9. The number of hydrogen-bond donors (Lipinski definition) is 3. The molecule has 1 saturated heterocycles. The van der Waals surface area contributed by atoms with Gasteiger partial charge in [-0.15, -0.1) is 10.2 Å². The van der Waals surface area contributed by atoms with E-state index in [1.807, 2.05) is 18.2 Å². The molecular weight excluding hydrogens is 446 g/mol. The van der Waals surface area contributed by atoms with Gasteiger partial charge in [0.15, 0.2) is 0 Å². The SMILES string of the molecule is O=C(/C=C/[C@H](CCc1ccccc1)NC(=O)[C@@H]1CCCCN1)Nc1nnc(C2CCCCC2)s1. The Morgan fingerprint density at radius 1 is 1.06 bits per heavy atom. The minimum atomic E-state index is -0.249. The van der Waals surface area contributed by atoms with Gasteiger partial charge in [0.2, 0.25) is 16.9 Å². The molecule has 8 heteroatoms. The van der Waals surface area contributed by atoms with Crippen LogP contribution in [0.25, 0.3) is 0 Å². The van der Waals surface area contributed by atoms with Crippen molar-refractivity contribution in [2.75, 3.05) is 11.9 Å². The smallest absolute Gasteiger partial charge is 0.249 e. The Morgan fingerprint density at radius 2 is 1.85 bits per heavy atom. The van der Waals surface area contributed by atoms with Crippen LogP contribution in [0.3, 0.4) is 0 Å².